The van der Waals surface area contributed by atoms with Crippen molar-refractivity contribution in [3.63, 3.8) is 0 Å². The molecule has 0 atom stereocenters. The number of carbonyl (C=O) groups excluding carboxylic acids is 1. The summed E-state index contributed by atoms with van der Waals surface area (Å²) in [5, 5.41) is 3.29. The van der Waals surface area contributed by atoms with E-state index in [2.05, 4.69) is 5.32 Å². The standard InChI is InChI=1S/C28H22N4O4S2/c1-17-7-10-24-30-25(29-13-19-8-9-21-22(11-19)36-16-35-21)20(26(33)31(24)14-17)12-23-27(34)32(28(37)38-23)15-18-5-3-2-4-6-18/h2-12,14,29H,13,15-16H2,1H3/b23-12-. The van der Waals surface area contributed by atoms with E-state index in [0.29, 0.717) is 45.3 Å². The van der Waals surface area contributed by atoms with Gasteiger partial charge >= 0.3 is 0 Å². The highest BCUT2D eigenvalue weighted by molar-refractivity contribution is 8.26. The fraction of sp³-hybridized carbons (Fsp3) is 0.143. The van der Waals surface area contributed by atoms with Crippen LogP contribution in [0.25, 0.3) is 11.7 Å². The number of anilines is 1. The summed E-state index contributed by atoms with van der Waals surface area (Å²) < 4.78 is 12.8. The van der Waals surface area contributed by atoms with Gasteiger partial charge in [0.2, 0.25) is 6.79 Å². The number of aryl methyl sites for hydroxylation is 1. The first-order chi connectivity index (χ1) is 18.5. The zero-order valence-corrected chi connectivity index (χ0v) is 22.0. The van der Waals surface area contributed by atoms with E-state index >= 15 is 0 Å². The molecule has 1 saturated heterocycles. The van der Waals surface area contributed by atoms with Crippen LogP contribution in [0.5, 0.6) is 11.5 Å². The van der Waals surface area contributed by atoms with Gasteiger partial charge in [-0.05, 0) is 47.9 Å². The predicted octanol–water partition coefficient (Wildman–Crippen LogP) is 4.75. The van der Waals surface area contributed by atoms with E-state index in [1.54, 1.807) is 23.2 Å². The van der Waals surface area contributed by atoms with E-state index in [0.717, 1.165) is 16.7 Å². The molecule has 2 aromatic heterocycles. The molecule has 0 spiro atoms. The molecule has 38 heavy (non-hydrogen) atoms. The van der Waals surface area contributed by atoms with Gasteiger partial charge in [0, 0.05) is 12.7 Å². The lowest BCUT2D eigenvalue weighted by Gasteiger charge is -2.14. The SMILES string of the molecule is Cc1ccc2nc(NCc3ccc4c(c3)OCO4)c(/C=C3\SC(=S)N(Cc4ccccc4)C3=O)c(=O)n2c1. The third-order valence-electron chi connectivity index (χ3n) is 6.24. The van der Waals surface area contributed by atoms with Crippen molar-refractivity contribution < 1.29 is 14.3 Å². The summed E-state index contributed by atoms with van der Waals surface area (Å²) in [6.07, 6.45) is 3.33. The monoisotopic (exact) mass is 542 g/mol. The van der Waals surface area contributed by atoms with Gasteiger partial charge in [0.25, 0.3) is 11.5 Å². The van der Waals surface area contributed by atoms with Crippen LogP contribution in [0.2, 0.25) is 0 Å². The number of thiocarbonyl (C=S) groups is 1. The summed E-state index contributed by atoms with van der Waals surface area (Å²) in [6.45, 7) is 2.86. The minimum Gasteiger partial charge on any atom is -0.454 e. The van der Waals surface area contributed by atoms with Crippen LogP contribution in [0.4, 0.5) is 5.82 Å². The molecule has 10 heteroatoms. The normalized spacial score (nSPS) is 15.6. The number of ether oxygens (including phenoxy) is 2. The summed E-state index contributed by atoms with van der Waals surface area (Å²) >= 11 is 6.70. The van der Waals surface area contributed by atoms with Crippen LogP contribution in [0.15, 0.2) is 76.6 Å². The molecule has 2 aromatic carbocycles. The molecule has 6 rings (SSSR count). The van der Waals surface area contributed by atoms with Crippen LogP contribution in [-0.2, 0) is 17.9 Å². The van der Waals surface area contributed by atoms with E-state index < -0.39 is 0 Å². The van der Waals surface area contributed by atoms with Crippen LogP contribution in [-0.4, -0.2) is 31.3 Å². The molecule has 1 N–H and O–H groups in total. The van der Waals surface area contributed by atoms with Gasteiger partial charge < -0.3 is 14.8 Å². The number of thioether (sulfide) groups is 1. The van der Waals surface area contributed by atoms with Gasteiger partial charge in [0.05, 0.1) is 17.0 Å². The van der Waals surface area contributed by atoms with Crippen LogP contribution >= 0.6 is 24.0 Å². The number of hydrogen-bond acceptors (Lipinski definition) is 8. The summed E-state index contributed by atoms with van der Waals surface area (Å²) in [4.78, 5) is 33.6. The fourth-order valence-corrected chi connectivity index (χ4v) is 5.53. The summed E-state index contributed by atoms with van der Waals surface area (Å²) in [6, 6.07) is 19.0. The van der Waals surface area contributed by atoms with E-state index in [4.69, 9.17) is 26.7 Å². The average Bonchev–Trinajstić information content (AvgIpc) is 3.50. The number of nitrogens with one attached hydrogen (secondary N) is 1. The number of benzene rings is 2. The Hall–Kier alpha value is -4.15. The molecule has 2 aliphatic rings. The van der Waals surface area contributed by atoms with Gasteiger partial charge in [-0.1, -0.05) is 66.4 Å². The molecule has 2 aliphatic heterocycles. The van der Waals surface area contributed by atoms with Crippen molar-refractivity contribution in [2.75, 3.05) is 12.1 Å². The van der Waals surface area contributed by atoms with Crippen molar-refractivity contribution in [1.82, 2.24) is 14.3 Å². The first kappa shape index (κ1) is 24.2. The van der Waals surface area contributed by atoms with Gasteiger partial charge in [-0.2, -0.15) is 0 Å². The molecule has 0 aliphatic carbocycles. The molecule has 0 unspecified atom stereocenters. The van der Waals surface area contributed by atoms with Crippen molar-refractivity contribution >= 4 is 51.7 Å². The number of aromatic nitrogens is 2. The highest BCUT2D eigenvalue weighted by atomic mass is 32.2. The van der Waals surface area contributed by atoms with Crippen molar-refractivity contribution in [2.24, 2.45) is 0 Å². The van der Waals surface area contributed by atoms with Gasteiger partial charge in [0.1, 0.15) is 15.8 Å². The highest BCUT2D eigenvalue weighted by Crippen LogP contribution is 2.35. The Morgan fingerprint density at radius 3 is 2.71 bits per heavy atom. The van der Waals surface area contributed by atoms with E-state index in [1.165, 1.54) is 16.2 Å². The lowest BCUT2D eigenvalue weighted by atomic mass is 10.2. The molecule has 0 bridgehead atoms. The molecule has 4 aromatic rings. The smallest absolute Gasteiger partial charge is 0.267 e. The Morgan fingerprint density at radius 2 is 1.87 bits per heavy atom. The Bertz CT molecular complexity index is 1680. The topological polar surface area (TPSA) is 85.2 Å². The average molecular weight is 543 g/mol. The largest absolute Gasteiger partial charge is 0.454 e. The second-order valence-corrected chi connectivity index (χ2v) is 10.6. The number of carbonyl (C=O) groups is 1. The maximum atomic E-state index is 13.6. The molecule has 1 amide bonds. The van der Waals surface area contributed by atoms with Gasteiger partial charge in [-0.25, -0.2) is 4.98 Å². The Morgan fingerprint density at radius 1 is 1.05 bits per heavy atom. The zero-order chi connectivity index (χ0) is 26.2. The van der Waals surface area contributed by atoms with Crippen LogP contribution in [0.3, 0.4) is 0 Å². The molecule has 8 nitrogen and oxygen atoms in total. The van der Waals surface area contributed by atoms with Gasteiger partial charge in [-0.15, -0.1) is 0 Å². The van der Waals surface area contributed by atoms with E-state index in [1.807, 2.05) is 61.5 Å². The Balaban J connectivity index is 1.36. The number of rotatable bonds is 6. The molecule has 0 radical (unpaired) electrons. The molecular formula is C28H22N4O4S2. The van der Waals surface area contributed by atoms with Crippen LogP contribution in [0, 0.1) is 6.92 Å². The maximum absolute atomic E-state index is 13.6. The minimum atomic E-state index is -0.278. The molecule has 0 saturated carbocycles. The predicted molar refractivity (Wildman–Crippen MR) is 151 cm³/mol. The maximum Gasteiger partial charge on any atom is 0.267 e. The van der Waals surface area contributed by atoms with E-state index in [-0.39, 0.29) is 23.8 Å². The number of fused-ring (bicyclic) bond motifs is 2. The molecule has 4 heterocycles. The van der Waals surface area contributed by atoms with Crippen molar-refractivity contribution in [2.45, 2.75) is 20.0 Å². The van der Waals surface area contributed by atoms with Crippen molar-refractivity contribution in [3.05, 3.63) is 104 Å². The van der Waals surface area contributed by atoms with Gasteiger partial charge in [0.15, 0.2) is 11.5 Å². The second-order valence-electron chi connectivity index (χ2n) is 8.91. The summed E-state index contributed by atoms with van der Waals surface area (Å²) in [7, 11) is 0. The van der Waals surface area contributed by atoms with Crippen LogP contribution < -0.4 is 20.3 Å². The Kier molecular flexibility index (Phi) is 6.34. The van der Waals surface area contributed by atoms with Gasteiger partial charge in [-0.3, -0.25) is 18.9 Å². The Labute approximate surface area is 227 Å². The number of pyridine rings is 1. The number of hydrogen-bond donors (Lipinski definition) is 1. The third-order valence-corrected chi connectivity index (χ3v) is 7.61. The summed E-state index contributed by atoms with van der Waals surface area (Å²) in [5.41, 5.74) is 3.33. The zero-order valence-electron chi connectivity index (χ0n) is 20.3. The fourth-order valence-electron chi connectivity index (χ4n) is 4.29. The number of amides is 1. The lowest BCUT2D eigenvalue weighted by Crippen LogP contribution is -2.27. The number of nitrogens with zero attached hydrogens (tertiary/aromatic N) is 3. The third kappa shape index (κ3) is 4.64. The lowest BCUT2D eigenvalue weighted by molar-refractivity contribution is -0.122. The molecule has 190 valence electrons. The second kappa shape index (κ2) is 9.96. The van der Waals surface area contributed by atoms with Crippen molar-refractivity contribution in [3.8, 4) is 11.5 Å². The quantitative estimate of drug-likeness (QED) is 0.276. The summed E-state index contributed by atoms with van der Waals surface area (Å²) in [5.74, 6) is 1.52. The minimum absolute atomic E-state index is 0.196. The first-order valence-electron chi connectivity index (χ1n) is 11.9. The first-order valence-corrected chi connectivity index (χ1v) is 13.1. The highest BCUT2D eigenvalue weighted by Gasteiger charge is 2.32. The van der Waals surface area contributed by atoms with Crippen LogP contribution in [0.1, 0.15) is 22.3 Å². The van der Waals surface area contributed by atoms with E-state index in [9.17, 15) is 9.59 Å². The molecule has 1 fully saturated rings. The van der Waals surface area contributed by atoms with Crippen molar-refractivity contribution in [1.29, 1.82) is 0 Å². The molecular weight excluding hydrogens is 520 g/mol.